The molecule has 0 bridgehead atoms. The summed E-state index contributed by atoms with van der Waals surface area (Å²) in [5.74, 6) is 2.52. The average Bonchev–Trinajstić information content (AvgIpc) is 3.07. The van der Waals surface area contributed by atoms with Crippen molar-refractivity contribution in [3.8, 4) is 17.0 Å². The van der Waals surface area contributed by atoms with E-state index in [9.17, 15) is 13.2 Å². The Morgan fingerprint density at radius 3 is 2.66 bits per heavy atom. The second-order valence-corrected chi connectivity index (χ2v) is 8.00. The zero-order valence-electron chi connectivity index (χ0n) is 18.0. The summed E-state index contributed by atoms with van der Waals surface area (Å²) in [6.07, 6.45) is -1.81. The first-order valence-corrected chi connectivity index (χ1v) is 10.5. The Morgan fingerprint density at radius 2 is 1.97 bits per heavy atom. The lowest BCUT2D eigenvalue weighted by Crippen LogP contribution is -2.32. The maximum Gasteiger partial charge on any atom is 0.419 e. The number of pyridine rings is 1. The lowest BCUT2D eigenvalue weighted by atomic mass is 9.95. The molecule has 1 saturated heterocycles. The average molecular weight is 446 g/mol. The van der Waals surface area contributed by atoms with Crippen LogP contribution in [0.5, 0.6) is 5.75 Å². The van der Waals surface area contributed by atoms with Gasteiger partial charge in [0.15, 0.2) is 5.35 Å². The van der Waals surface area contributed by atoms with E-state index < -0.39 is 11.7 Å². The van der Waals surface area contributed by atoms with E-state index in [0.29, 0.717) is 22.7 Å². The van der Waals surface area contributed by atoms with Gasteiger partial charge in [0.05, 0.1) is 23.6 Å². The third-order valence-corrected chi connectivity index (χ3v) is 5.94. The molecule has 10 heteroatoms. The van der Waals surface area contributed by atoms with Crippen LogP contribution in [0.15, 0.2) is 29.4 Å². The summed E-state index contributed by atoms with van der Waals surface area (Å²) in [4.78, 5) is 4.32. The van der Waals surface area contributed by atoms with E-state index in [-0.39, 0.29) is 23.3 Å². The molecule has 0 saturated carbocycles. The van der Waals surface area contributed by atoms with Gasteiger partial charge in [-0.15, -0.1) is 0 Å². The van der Waals surface area contributed by atoms with Crippen LogP contribution in [-0.2, 0) is 6.18 Å². The van der Waals surface area contributed by atoms with Crippen molar-refractivity contribution in [2.24, 2.45) is 11.0 Å². The van der Waals surface area contributed by atoms with Crippen molar-refractivity contribution in [2.75, 3.05) is 38.8 Å². The Kier molecular flexibility index (Phi) is 6.08. The van der Waals surface area contributed by atoms with Crippen molar-refractivity contribution in [2.45, 2.75) is 25.4 Å². The first kappa shape index (κ1) is 22.1. The zero-order chi connectivity index (χ0) is 22.9. The number of aromatic nitrogens is 1. The van der Waals surface area contributed by atoms with E-state index in [1.807, 2.05) is 0 Å². The lowest BCUT2D eigenvalue weighted by molar-refractivity contribution is -0.138. The SMILES string of the molecule is CN1N=c2c(cc(-c3ccc(OCCC4CCNCC4)c(C(F)(F)F)c3)nc2=C=N)N1C. The Morgan fingerprint density at radius 1 is 1.22 bits per heavy atom. The molecule has 2 aromatic rings. The highest BCUT2D eigenvalue weighted by molar-refractivity contribution is 5.68. The molecule has 0 radical (unpaired) electrons. The Bertz CT molecular complexity index is 1140. The lowest BCUT2D eigenvalue weighted by Gasteiger charge is -2.23. The number of nitrogens with one attached hydrogen (secondary N) is 2. The van der Waals surface area contributed by atoms with Crippen LogP contribution in [-0.4, -0.2) is 49.8 Å². The van der Waals surface area contributed by atoms with Gasteiger partial charge in [0, 0.05) is 25.5 Å². The number of halogens is 3. The van der Waals surface area contributed by atoms with Gasteiger partial charge in [0.2, 0.25) is 0 Å². The molecule has 0 atom stereocenters. The summed E-state index contributed by atoms with van der Waals surface area (Å²) >= 11 is 0. The van der Waals surface area contributed by atoms with E-state index in [0.717, 1.165) is 38.4 Å². The number of hydrogen-bond acceptors (Lipinski definition) is 7. The summed E-state index contributed by atoms with van der Waals surface area (Å²) in [5.41, 5.74) is 0.397. The van der Waals surface area contributed by atoms with Crippen LogP contribution in [0.2, 0.25) is 0 Å². The van der Waals surface area contributed by atoms with Crippen LogP contribution < -0.4 is 25.8 Å². The normalized spacial score (nSPS) is 16.5. The molecular formula is C22H25F3N6O. The summed E-state index contributed by atoms with van der Waals surface area (Å²) in [7, 11) is 3.50. The molecular weight excluding hydrogens is 421 g/mol. The molecule has 2 N–H and O–H groups in total. The first-order chi connectivity index (χ1) is 15.3. The number of hydrazine groups is 1. The molecule has 2 aliphatic heterocycles. The van der Waals surface area contributed by atoms with Crippen LogP contribution in [0.4, 0.5) is 18.9 Å². The minimum Gasteiger partial charge on any atom is -0.493 e. The standard InChI is InChI=1S/C22H25F3N6O/c1-30-19-12-17(28-18(13-26)21(19)29-31(30)2)15-3-4-20(16(11-15)22(23,24)25)32-10-7-14-5-8-27-9-6-14/h3-4,11-12,14,26-27H,5-10H2,1-2H3. The van der Waals surface area contributed by atoms with Gasteiger partial charge in [-0.2, -0.15) is 18.3 Å². The van der Waals surface area contributed by atoms with Crippen LogP contribution >= 0.6 is 0 Å². The highest BCUT2D eigenvalue weighted by atomic mass is 19.4. The largest absolute Gasteiger partial charge is 0.493 e. The van der Waals surface area contributed by atoms with Gasteiger partial charge in [-0.05, 0) is 62.5 Å². The van der Waals surface area contributed by atoms with Gasteiger partial charge in [-0.3, -0.25) is 10.4 Å². The van der Waals surface area contributed by atoms with Crippen molar-refractivity contribution >= 4 is 11.6 Å². The summed E-state index contributed by atoms with van der Waals surface area (Å²) in [5, 5.41) is 19.0. The fourth-order valence-corrected chi connectivity index (χ4v) is 4.02. The molecule has 0 aliphatic carbocycles. The minimum atomic E-state index is -4.57. The Balaban J connectivity index is 1.64. The quantitative estimate of drug-likeness (QED) is 0.690. The van der Waals surface area contributed by atoms with Crippen molar-refractivity contribution in [3.05, 3.63) is 40.5 Å². The number of hydrogen-bond donors (Lipinski definition) is 2. The van der Waals surface area contributed by atoms with Crippen molar-refractivity contribution in [1.29, 1.82) is 5.41 Å². The molecule has 170 valence electrons. The van der Waals surface area contributed by atoms with Crippen LogP contribution in [0.3, 0.4) is 0 Å². The highest BCUT2D eigenvalue weighted by Crippen LogP contribution is 2.39. The number of alkyl halides is 3. The maximum absolute atomic E-state index is 13.8. The van der Waals surface area contributed by atoms with Crippen molar-refractivity contribution in [3.63, 3.8) is 0 Å². The van der Waals surface area contributed by atoms with Gasteiger partial charge < -0.3 is 10.1 Å². The number of nitrogens with zero attached hydrogens (tertiary/aromatic N) is 4. The number of ether oxygens (including phenoxy) is 1. The van der Waals surface area contributed by atoms with E-state index in [1.165, 1.54) is 6.07 Å². The van der Waals surface area contributed by atoms with E-state index >= 15 is 0 Å². The van der Waals surface area contributed by atoms with Crippen LogP contribution in [0.1, 0.15) is 24.8 Å². The number of fused-ring (bicyclic) bond motifs is 1. The molecule has 2 aliphatic rings. The van der Waals surface area contributed by atoms with Gasteiger partial charge in [0.25, 0.3) is 0 Å². The third-order valence-electron chi connectivity index (χ3n) is 5.94. The zero-order valence-corrected chi connectivity index (χ0v) is 18.0. The molecule has 1 aromatic carbocycles. The van der Waals surface area contributed by atoms with Crippen LogP contribution in [0.25, 0.3) is 11.3 Å². The molecule has 0 amide bonds. The van der Waals surface area contributed by atoms with Gasteiger partial charge >= 0.3 is 6.18 Å². The Hall–Kier alpha value is -3.10. The fourth-order valence-electron chi connectivity index (χ4n) is 4.02. The smallest absolute Gasteiger partial charge is 0.419 e. The topological polar surface area (TPSA) is 76.8 Å². The minimum absolute atomic E-state index is 0.171. The highest BCUT2D eigenvalue weighted by Gasteiger charge is 2.35. The summed E-state index contributed by atoms with van der Waals surface area (Å²) in [6, 6.07) is 5.63. The summed E-state index contributed by atoms with van der Waals surface area (Å²) < 4.78 is 47.0. The van der Waals surface area contributed by atoms with Gasteiger partial charge in [-0.1, -0.05) is 0 Å². The number of benzene rings is 1. The first-order valence-electron chi connectivity index (χ1n) is 10.5. The molecule has 32 heavy (non-hydrogen) atoms. The van der Waals surface area contributed by atoms with Crippen molar-refractivity contribution in [1.82, 2.24) is 15.4 Å². The third kappa shape index (κ3) is 4.42. The van der Waals surface area contributed by atoms with E-state index in [1.54, 1.807) is 36.4 Å². The van der Waals surface area contributed by atoms with Crippen molar-refractivity contribution < 1.29 is 17.9 Å². The van der Waals surface area contributed by atoms with E-state index in [4.69, 9.17) is 10.1 Å². The molecule has 3 heterocycles. The summed E-state index contributed by atoms with van der Waals surface area (Å²) in [6.45, 7) is 2.12. The van der Waals surface area contributed by atoms with Crippen LogP contribution in [0, 0.1) is 11.3 Å². The molecule has 0 spiro atoms. The number of rotatable bonds is 5. The monoisotopic (exact) mass is 446 g/mol. The number of piperidine rings is 1. The predicted molar refractivity (Wildman–Crippen MR) is 114 cm³/mol. The Labute approximate surface area is 183 Å². The molecule has 0 unspecified atom stereocenters. The molecule has 4 rings (SSSR count). The second kappa shape index (κ2) is 8.80. The molecule has 7 nitrogen and oxygen atoms in total. The fraction of sp³-hybridized carbons (Fsp3) is 0.455. The molecule has 1 aromatic heterocycles. The predicted octanol–water partition coefficient (Wildman–Crippen LogP) is 2.29. The second-order valence-electron chi connectivity index (χ2n) is 8.00. The maximum atomic E-state index is 13.8. The number of anilines is 1. The van der Waals surface area contributed by atoms with Gasteiger partial charge in [-0.25, -0.2) is 10.1 Å². The van der Waals surface area contributed by atoms with E-state index in [2.05, 4.69) is 21.3 Å². The van der Waals surface area contributed by atoms with Gasteiger partial charge in [0.1, 0.15) is 11.1 Å². The molecule has 1 fully saturated rings.